The maximum Gasteiger partial charge on any atom is 0.244 e. The Morgan fingerprint density at radius 1 is 1.44 bits per heavy atom. The average Bonchev–Trinajstić information content (AvgIpc) is 3.19. The summed E-state index contributed by atoms with van der Waals surface area (Å²) in [5, 5.41) is 0. The summed E-state index contributed by atoms with van der Waals surface area (Å²) in [5.74, 6) is 0.538. The van der Waals surface area contributed by atoms with Crippen molar-refractivity contribution in [1.82, 2.24) is 9.29 Å². The van der Waals surface area contributed by atoms with Gasteiger partial charge in [0.1, 0.15) is 4.90 Å². The molecule has 2 rings (SSSR count). The molecule has 0 bridgehead atoms. The Morgan fingerprint density at radius 2 is 2.17 bits per heavy atom. The highest BCUT2D eigenvalue weighted by molar-refractivity contribution is 7.89. The van der Waals surface area contributed by atoms with E-state index in [1.807, 2.05) is 6.92 Å². The van der Waals surface area contributed by atoms with Crippen molar-refractivity contribution < 1.29 is 8.42 Å². The molecule has 100 valence electrons. The third kappa shape index (κ3) is 2.88. The number of nitrogens with two attached hydrogens (primary N) is 1. The van der Waals surface area contributed by atoms with E-state index in [9.17, 15) is 8.42 Å². The predicted molar refractivity (Wildman–Crippen MR) is 69.3 cm³/mol. The second-order valence-electron chi connectivity index (χ2n) is 4.59. The van der Waals surface area contributed by atoms with Crippen LogP contribution in [0.3, 0.4) is 0 Å². The topological polar surface area (TPSA) is 76.3 Å². The van der Waals surface area contributed by atoms with E-state index in [1.54, 1.807) is 12.1 Å². The molecular weight excluding hydrogens is 250 g/mol. The molecule has 5 nitrogen and oxygen atoms in total. The number of sulfonamides is 1. The summed E-state index contributed by atoms with van der Waals surface area (Å²) >= 11 is 0. The zero-order valence-corrected chi connectivity index (χ0v) is 11.4. The summed E-state index contributed by atoms with van der Waals surface area (Å²) in [7, 11) is -3.40. The van der Waals surface area contributed by atoms with Gasteiger partial charge in [-0.05, 0) is 30.9 Å². The molecule has 1 fully saturated rings. The van der Waals surface area contributed by atoms with Gasteiger partial charge in [-0.15, -0.1) is 0 Å². The first-order valence-electron chi connectivity index (χ1n) is 6.23. The van der Waals surface area contributed by atoms with Gasteiger partial charge in [0, 0.05) is 25.8 Å². The molecule has 0 aromatic carbocycles. The lowest BCUT2D eigenvalue weighted by molar-refractivity contribution is 0.412. The molecule has 1 aromatic rings. The first kappa shape index (κ1) is 13.5. The van der Waals surface area contributed by atoms with E-state index in [-0.39, 0.29) is 4.90 Å². The zero-order valence-electron chi connectivity index (χ0n) is 10.5. The second kappa shape index (κ2) is 5.34. The van der Waals surface area contributed by atoms with Crippen molar-refractivity contribution >= 4 is 10.0 Å². The van der Waals surface area contributed by atoms with E-state index < -0.39 is 10.0 Å². The Morgan fingerprint density at radius 3 is 2.61 bits per heavy atom. The minimum atomic E-state index is -3.40. The molecule has 1 aliphatic carbocycles. The van der Waals surface area contributed by atoms with Gasteiger partial charge in [0.15, 0.2) is 0 Å². The quantitative estimate of drug-likeness (QED) is 0.834. The van der Waals surface area contributed by atoms with Crippen LogP contribution >= 0.6 is 0 Å². The number of rotatable bonds is 6. The SMILES string of the molecule is CCN(CC1CC1)S(=O)(=O)c1ccc(CN)nc1. The van der Waals surface area contributed by atoms with Crippen molar-refractivity contribution in [3.8, 4) is 0 Å². The summed E-state index contributed by atoms with van der Waals surface area (Å²) in [5.41, 5.74) is 6.14. The fraction of sp³-hybridized carbons (Fsp3) is 0.583. The minimum Gasteiger partial charge on any atom is -0.325 e. The molecule has 18 heavy (non-hydrogen) atoms. The molecule has 0 radical (unpaired) electrons. The standard InChI is InChI=1S/C12H19N3O2S/c1-2-15(9-10-3-4-10)18(16,17)12-6-5-11(7-13)14-8-12/h5-6,8,10H,2-4,7,9,13H2,1H3. The van der Waals surface area contributed by atoms with Crippen LogP contribution in [-0.4, -0.2) is 30.8 Å². The fourth-order valence-electron chi connectivity index (χ4n) is 1.82. The minimum absolute atomic E-state index is 0.252. The Balaban J connectivity index is 2.21. The predicted octanol–water partition coefficient (Wildman–Crippen LogP) is 0.961. The van der Waals surface area contributed by atoms with Gasteiger partial charge >= 0.3 is 0 Å². The summed E-state index contributed by atoms with van der Waals surface area (Å²) < 4.78 is 26.3. The van der Waals surface area contributed by atoms with Gasteiger partial charge in [-0.25, -0.2) is 8.42 Å². The Bertz CT molecular complexity index is 495. The Labute approximate surface area is 108 Å². The highest BCUT2D eigenvalue weighted by Gasteiger charge is 2.30. The van der Waals surface area contributed by atoms with Crippen LogP contribution in [0, 0.1) is 5.92 Å². The van der Waals surface area contributed by atoms with Gasteiger partial charge in [-0.1, -0.05) is 6.92 Å². The van der Waals surface area contributed by atoms with Crippen LogP contribution in [0.2, 0.25) is 0 Å². The van der Waals surface area contributed by atoms with E-state index in [4.69, 9.17) is 5.73 Å². The van der Waals surface area contributed by atoms with Crippen molar-refractivity contribution in [3.63, 3.8) is 0 Å². The smallest absolute Gasteiger partial charge is 0.244 e. The van der Waals surface area contributed by atoms with Crippen molar-refractivity contribution in [2.45, 2.75) is 31.2 Å². The van der Waals surface area contributed by atoms with E-state index in [0.29, 0.717) is 31.2 Å². The van der Waals surface area contributed by atoms with Crippen LogP contribution < -0.4 is 5.73 Å². The van der Waals surface area contributed by atoms with Gasteiger partial charge in [-0.3, -0.25) is 4.98 Å². The molecule has 1 saturated carbocycles. The molecule has 6 heteroatoms. The lowest BCUT2D eigenvalue weighted by atomic mass is 10.4. The van der Waals surface area contributed by atoms with E-state index in [0.717, 1.165) is 12.8 Å². The van der Waals surface area contributed by atoms with Crippen molar-refractivity contribution in [3.05, 3.63) is 24.0 Å². The molecule has 1 aliphatic rings. The molecule has 0 saturated heterocycles. The van der Waals surface area contributed by atoms with Crippen molar-refractivity contribution in [2.24, 2.45) is 11.7 Å². The molecule has 0 amide bonds. The van der Waals surface area contributed by atoms with Crippen LogP contribution in [0.15, 0.2) is 23.2 Å². The lowest BCUT2D eigenvalue weighted by Crippen LogP contribution is -2.32. The highest BCUT2D eigenvalue weighted by atomic mass is 32.2. The normalized spacial score (nSPS) is 16.2. The van der Waals surface area contributed by atoms with Gasteiger partial charge in [0.25, 0.3) is 0 Å². The van der Waals surface area contributed by atoms with Gasteiger partial charge < -0.3 is 5.73 Å². The van der Waals surface area contributed by atoms with Crippen LogP contribution in [0.5, 0.6) is 0 Å². The molecule has 0 atom stereocenters. The third-order valence-electron chi connectivity index (χ3n) is 3.16. The van der Waals surface area contributed by atoms with Crippen molar-refractivity contribution in [2.75, 3.05) is 13.1 Å². The summed E-state index contributed by atoms with van der Waals surface area (Å²) in [4.78, 5) is 4.30. The molecule has 1 heterocycles. The second-order valence-corrected chi connectivity index (χ2v) is 6.53. The fourth-order valence-corrected chi connectivity index (χ4v) is 3.29. The first-order chi connectivity index (χ1) is 8.57. The maximum absolute atomic E-state index is 12.4. The lowest BCUT2D eigenvalue weighted by Gasteiger charge is -2.20. The number of aromatic nitrogens is 1. The van der Waals surface area contributed by atoms with Gasteiger partial charge in [0.05, 0.1) is 5.69 Å². The van der Waals surface area contributed by atoms with Crippen LogP contribution in [0.4, 0.5) is 0 Å². The largest absolute Gasteiger partial charge is 0.325 e. The molecule has 0 unspecified atom stereocenters. The van der Waals surface area contributed by atoms with E-state index in [2.05, 4.69) is 4.98 Å². The average molecular weight is 269 g/mol. The molecule has 0 aliphatic heterocycles. The van der Waals surface area contributed by atoms with E-state index >= 15 is 0 Å². The Hall–Kier alpha value is -0.980. The van der Waals surface area contributed by atoms with Crippen LogP contribution in [-0.2, 0) is 16.6 Å². The number of nitrogens with zero attached hydrogens (tertiary/aromatic N) is 2. The molecular formula is C12H19N3O2S. The summed E-state index contributed by atoms with van der Waals surface area (Å²) in [6.07, 6.45) is 3.67. The van der Waals surface area contributed by atoms with E-state index in [1.165, 1.54) is 10.5 Å². The number of hydrogen-bond acceptors (Lipinski definition) is 4. The molecule has 1 aromatic heterocycles. The Kier molecular flexibility index (Phi) is 3.99. The van der Waals surface area contributed by atoms with Crippen LogP contribution in [0.1, 0.15) is 25.5 Å². The van der Waals surface area contributed by atoms with Gasteiger partial charge in [-0.2, -0.15) is 4.31 Å². The number of hydrogen-bond donors (Lipinski definition) is 1. The highest BCUT2D eigenvalue weighted by Crippen LogP contribution is 2.31. The summed E-state index contributed by atoms with van der Waals surface area (Å²) in [6.45, 7) is 3.30. The third-order valence-corrected chi connectivity index (χ3v) is 5.08. The molecule has 2 N–H and O–H groups in total. The molecule has 0 spiro atoms. The number of pyridine rings is 1. The maximum atomic E-state index is 12.4. The van der Waals surface area contributed by atoms with Crippen LogP contribution in [0.25, 0.3) is 0 Å². The summed E-state index contributed by atoms with van der Waals surface area (Å²) in [6, 6.07) is 3.25. The first-order valence-corrected chi connectivity index (χ1v) is 7.67. The van der Waals surface area contributed by atoms with Gasteiger partial charge in [0.2, 0.25) is 10.0 Å². The zero-order chi connectivity index (χ0) is 13.2. The monoisotopic (exact) mass is 269 g/mol. The van der Waals surface area contributed by atoms with Crippen molar-refractivity contribution in [1.29, 1.82) is 0 Å².